The molecule has 0 saturated heterocycles. The van der Waals surface area contributed by atoms with Crippen molar-refractivity contribution in [3.8, 4) is 0 Å². The van der Waals surface area contributed by atoms with Crippen LogP contribution in [0.4, 0.5) is 14.8 Å². The van der Waals surface area contributed by atoms with Gasteiger partial charge in [-0.15, -0.1) is 0 Å². The summed E-state index contributed by atoms with van der Waals surface area (Å²) in [7, 11) is 0. The van der Waals surface area contributed by atoms with Crippen molar-refractivity contribution in [1.82, 2.24) is 10.1 Å². The number of nitrogens with zero attached hydrogens (tertiary/aromatic N) is 2. The molecule has 0 spiro atoms. The number of nitrogens with one attached hydrogen (secondary N) is 1. The highest BCUT2D eigenvalue weighted by Crippen LogP contribution is 2.14. The molecule has 6 heteroatoms. The fourth-order valence-electron chi connectivity index (χ4n) is 1.46. The minimum Gasteiger partial charge on any atom is -0.338 e. The third kappa shape index (κ3) is 3.03. The Hall–Kier alpha value is -1.98. The second-order valence-corrected chi connectivity index (χ2v) is 3.86. The Balaban J connectivity index is 2.06. The van der Waals surface area contributed by atoms with Gasteiger partial charge in [0.2, 0.25) is 0 Å². The molecule has 4 nitrogen and oxygen atoms in total. The molecule has 0 aliphatic carbocycles. The van der Waals surface area contributed by atoms with Crippen molar-refractivity contribution >= 4 is 6.01 Å². The van der Waals surface area contributed by atoms with E-state index in [1.165, 1.54) is 12.1 Å². The van der Waals surface area contributed by atoms with Gasteiger partial charge in [0.25, 0.3) is 0 Å². The predicted molar refractivity (Wildman–Crippen MR) is 62.2 cm³/mol. The van der Waals surface area contributed by atoms with Gasteiger partial charge in [0.15, 0.2) is 5.82 Å². The van der Waals surface area contributed by atoms with Gasteiger partial charge in [-0.25, -0.2) is 8.78 Å². The molecule has 1 heterocycles. The van der Waals surface area contributed by atoms with Crippen LogP contribution in [-0.4, -0.2) is 16.7 Å². The molecule has 18 heavy (non-hydrogen) atoms. The summed E-state index contributed by atoms with van der Waals surface area (Å²) >= 11 is 0. The summed E-state index contributed by atoms with van der Waals surface area (Å²) in [6.07, 6.45) is 1.10. The fourth-order valence-corrected chi connectivity index (χ4v) is 1.46. The molecule has 0 fully saturated rings. The summed E-state index contributed by atoms with van der Waals surface area (Å²) in [5.74, 6) is -0.850. The van der Waals surface area contributed by atoms with Crippen molar-refractivity contribution < 1.29 is 13.3 Å². The Morgan fingerprint density at radius 2 is 2.17 bits per heavy atom. The van der Waals surface area contributed by atoms with Crippen LogP contribution < -0.4 is 5.32 Å². The highest BCUT2D eigenvalue weighted by atomic mass is 19.1. The van der Waals surface area contributed by atoms with Crippen molar-refractivity contribution in [2.24, 2.45) is 0 Å². The zero-order valence-corrected chi connectivity index (χ0v) is 9.91. The molecule has 1 aromatic heterocycles. The van der Waals surface area contributed by atoms with E-state index in [4.69, 9.17) is 4.52 Å². The van der Waals surface area contributed by atoms with Crippen LogP contribution in [0.5, 0.6) is 0 Å². The Kier molecular flexibility index (Phi) is 3.86. The molecule has 0 unspecified atom stereocenters. The Morgan fingerprint density at radius 1 is 1.33 bits per heavy atom. The summed E-state index contributed by atoms with van der Waals surface area (Å²) in [5, 5.41) is 6.65. The molecular weight excluding hydrogens is 240 g/mol. The molecule has 1 aromatic carbocycles. The maximum Gasteiger partial charge on any atom is 0.321 e. The Morgan fingerprint density at radius 3 is 2.89 bits per heavy atom. The van der Waals surface area contributed by atoms with Gasteiger partial charge in [-0.3, -0.25) is 0 Å². The normalized spacial score (nSPS) is 10.6. The first-order valence-electron chi connectivity index (χ1n) is 5.69. The molecule has 1 N–H and O–H groups in total. The van der Waals surface area contributed by atoms with E-state index in [0.717, 1.165) is 19.0 Å². The van der Waals surface area contributed by atoms with Gasteiger partial charge >= 0.3 is 6.01 Å². The number of hydrogen-bond acceptors (Lipinski definition) is 4. The van der Waals surface area contributed by atoms with Gasteiger partial charge in [0.05, 0.1) is 0 Å². The smallest absolute Gasteiger partial charge is 0.321 e. The molecule has 2 rings (SSSR count). The number of aromatic nitrogens is 2. The lowest BCUT2D eigenvalue weighted by atomic mass is 10.1. The van der Waals surface area contributed by atoms with Crippen LogP contribution in [-0.2, 0) is 6.42 Å². The molecule has 2 aromatic rings. The van der Waals surface area contributed by atoms with E-state index in [1.54, 1.807) is 0 Å². The Labute approximate surface area is 103 Å². The molecule has 0 aliphatic rings. The van der Waals surface area contributed by atoms with E-state index in [-0.39, 0.29) is 6.42 Å². The third-order valence-electron chi connectivity index (χ3n) is 2.36. The van der Waals surface area contributed by atoms with Crippen molar-refractivity contribution in [2.75, 3.05) is 11.9 Å². The summed E-state index contributed by atoms with van der Waals surface area (Å²) in [6, 6.07) is 3.73. The molecule has 0 atom stereocenters. The van der Waals surface area contributed by atoms with Crippen molar-refractivity contribution in [3.05, 3.63) is 41.2 Å². The van der Waals surface area contributed by atoms with E-state index in [1.807, 2.05) is 6.92 Å². The fraction of sp³-hybridized carbons (Fsp3) is 0.333. The van der Waals surface area contributed by atoms with Crippen LogP contribution in [0.25, 0.3) is 0 Å². The summed E-state index contributed by atoms with van der Waals surface area (Å²) in [5.41, 5.74) is 0.333. The first-order chi connectivity index (χ1) is 8.69. The molecule has 0 aliphatic heterocycles. The minimum absolute atomic E-state index is 0.170. The number of rotatable bonds is 5. The maximum atomic E-state index is 13.4. The van der Waals surface area contributed by atoms with Gasteiger partial charge in [0.1, 0.15) is 11.6 Å². The molecule has 0 radical (unpaired) electrons. The lowest BCUT2D eigenvalue weighted by Gasteiger charge is -1.99. The lowest BCUT2D eigenvalue weighted by molar-refractivity contribution is 0.423. The monoisotopic (exact) mass is 253 g/mol. The van der Waals surface area contributed by atoms with E-state index in [0.29, 0.717) is 17.4 Å². The number of hydrogen-bond donors (Lipinski definition) is 1. The molecular formula is C12H13F2N3O. The topological polar surface area (TPSA) is 51.0 Å². The van der Waals surface area contributed by atoms with E-state index < -0.39 is 11.6 Å². The number of anilines is 1. The standard InChI is InChI=1S/C12H13F2N3O/c1-2-5-15-12-16-11(17-18-12)6-8-3-4-9(13)7-10(8)14/h3-4,7H,2,5-6H2,1H3,(H,15,16,17). The van der Waals surface area contributed by atoms with Crippen LogP contribution in [0.2, 0.25) is 0 Å². The van der Waals surface area contributed by atoms with Crippen molar-refractivity contribution in [2.45, 2.75) is 19.8 Å². The van der Waals surface area contributed by atoms with E-state index >= 15 is 0 Å². The van der Waals surface area contributed by atoms with Crippen LogP contribution >= 0.6 is 0 Å². The summed E-state index contributed by atoms with van der Waals surface area (Å²) in [4.78, 5) is 4.06. The zero-order valence-electron chi connectivity index (χ0n) is 9.91. The highest BCUT2D eigenvalue weighted by molar-refractivity contribution is 5.24. The zero-order chi connectivity index (χ0) is 13.0. The van der Waals surface area contributed by atoms with Gasteiger partial charge in [-0.05, 0) is 18.1 Å². The minimum atomic E-state index is -0.608. The number of benzene rings is 1. The van der Waals surface area contributed by atoms with E-state index in [2.05, 4.69) is 15.5 Å². The van der Waals surface area contributed by atoms with Gasteiger partial charge in [0, 0.05) is 19.0 Å². The largest absolute Gasteiger partial charge is 0.338 e. The first-order valence-corrected chi connectivity index (χ1v) is 5.69. The predicted octanol–water partition coefficient (Wildman–Crippen LogP) is 2.76. The van der Waals surface area contributed by atoms with Crippen LogP contribution in [0.1, 0.15) is 24.7 Å². The highest BCUT2D eigenvalue weighted by Gasteiger charge is 2.10. The second-order valence-electron chi connectivity index (χ2n) is 3.86. The summed E-state index contributed by atoms with van der Waals surface area (Å²) in [6.45, 7) is 2.74. The molecule has 0 saturated carbocycles. The van der Waals surface area contributed by atoms with Crippen molar-refractivity contribution in [1.29, 1.82) is 0 Å². The van der Waals surface area contributed by atoms with Gasteiger partial charge in [-0.2, -0.15) is 4.98 Å². The molecule has 0 amide bonds. The maximum absolute atomic E-state index is 13.4. The van der Waals surface area contributed by atoms with Gasteiger partial charge in [-0.1, -0.05) is 18.1 Å². The van der Waals surface area contributed by atoms with Crippen LogP contribution in [0.15, 0.2) is 22.7 Å². The van der Waals surface area contributed by atoms with Crippen molar-refractivity contribution in [3.63, 3.8) is 0 Å². The first kappa shape index (κ1) is 12.5. The Bertz CT molecular complexity index is 528. The SMILES string of the molecule is CCCNc1nc(Cc2ccc(F)cc2F)no1. The van der Waals surface area contributed by atoms with E-state index in [9.17, 15) is 8.78 Å². The average Bonchev–Trinajstić information content (AvgIpc) is 2.78. The molecule has 0 bridgehead atoms. The summed E-state index contributed by atoms with van der Waals surface area (Å²) < 4.78 is 31.1. The van der Waals surface area contributed by atoms with Crippen LogP contribution in [0.3, 0.4) is 0 Å². The average molecular weight is 253 g/mol. The third-order valence-corrected chi connectivity index (χ3v) is 2.36. The molecule has 96 valence electrons. The second kappa shape index (κ2) is 5.57. The van der Waals surface area contributed by atoms with Crippen LogP contribution in [0, 0.1) is 11.6 Å². The number of halogens is 2. The lowest BCUT2D eigenvalue weighted by Crippen LogP contribution is -2.00. The quantitative estimate of drug-likeness (QED) is 0.890. The van der Waals surface area contributed by atoms with Gasteiger partial charge < -0.3 is 9.84 Å².